The van der Waals surface area contributed by atoms with E-state index < -0.39 is 15.1 Å². The molecular weight excluding hydrogens is 306 g/mol. The highest BCUT2D eigenvalue weighted by atomic mass is 32.2. The Labute approximate surface area is 136 Å². The fourth-order valence-electron chi connectivity index (χ4n) is 2.84. The van der Waals surface area contributed by atoms with E-state index in [1.807, 2.05) is 42.5 Å². The number of hydrogen-bond donors (Lipinski definition) is 1. The van der Waals surface area contributed by atoms with Crippen molar-refractivity contribution in [3.05, 3.63) is 78.4 Å². The highest BCUT2D eigenvalue weighted by molar-refractivity contribution is 7.92. The van der Waals surface area contributed by atoms with E-state index in [0.29, 0.717) is 11.3 Å². The zero-order valence-corrected chi connectivity index (χ0v) is 13.5. The third-order valence-electron chi connectivity index (χ3n) is 4.10. The lowest BCUT2D eigenvalue weighted by Crippen LogP contribution is -2.32. The predicted octanol–water partition coefficient (Wildman–Crippen LogP) is 3.18. The van der Waals surface area contributed by atoms with Crippen molar-refractivity contribution in [1.82, 2.24) is 0 Å². The van der Waals surface area contributed by atoms with Gasteiger partial charge in [-0.15, -0.1) is 0 Å². The monoisotopic (exact) mass is 325 g/mol. The third kappa shape index (κ3) is 3.14. The van der Waals surface area contributed by atoms with E-state index in [4.69, 9.17) is 5.73 Å². The second kappa shape index (κ2) is 6.52. The Morgan fingerprint density at radius 1 is 0.826 bits per heavy atom. The molecule has 0 bridgehead atoms. The van der Waals surface area contributed by atoms with Gasteiger partial charge in [0, 0.05) is 6.54 Å². The van der Waals surface area contributed by atoms with Gasteiger partial charge < -0.3 is 5.73 Å². The lowest BCUT2D eigenvalue weighted by Gasteiger charge is -2.17. The van der Waals surface area contributed by atoms with E-state index >= 15 is 0 Å². The molecule has 0 aliphatic heterocycles. The Morgan fingerprint density at radius 2 is 1.48 bits per heavy atom. The largest absolute Gasteiger partial charge is 0.329 e. The van der Waals surface area contributed by atoms with Gasteiger partial charge in [-0.05, 0) is 34.9 Å². The molecular formula is C19H19NO2S. The van der Waals surface area contributed by atoms with Gasteiger partial charge >= 0.3 is 0 Å². The molecule has 4 heteroatoms. The molecule has 0 aromatic heterocycles. The van der Waals surface area contributed by atoms with Gasteiger partial charge in [0.2, 0.25) is 0 Å². The molecule has 0 radical (unpaired) electrons. The molecule has 0 saturated carbocycles. The number of rotatable bonds is 5. The summed E-state index contributed by atoms with van der Waals surface area (Å²) in [6.45, 7) is 0.0977. The first-order valence-electron chi connectivity index (χ1n) is 7.58. The molecule has 2 N–H and O–H groups in total. The van der Waals surface area contributed by atoms with Crippen LogP contribution in [0.3, 0.4) is 0 Å². The molecule has 118 valence electrons. The summed E-state index contributed by atoms with van der Waals surface area (Å²) in [7, 11) is -3.44. The van der Waals surface area contributed by atoms with Crippen molar-refractivity contribution >= 4 is 20.6 Å². The molecule has 1 atom stereocenters. The van der Waals surface area contributed by atoms with Crippen LogP contribution in [0.15, 0.2) is 77.7 Å². The zero-order valence-electron chi connectivity index (χ0n) is 12.7. The maximum Gasteiger partial charge on any atom is 0.182 e. The van der Waals surface area contributed by atoms with Crippen LogP contribution < -0.4 is 5.73 Å². The minimum absolute atomic E-state index is 0.0977. The standard InChI is InChI=1S/C19H19NO2S/c20-14-18(23(21,22)17-10-2-1-3-11-17)13-16-9-6-8-15-7-4-5-12-19(15)16/h1-12,18H,13-14,20H2. The number of fused-ring (bicyclic) bond motifs is 1. The highest BCUT2D eigenvalue weighted by Gasteiger charge is 2.26. The van der Waals surface area contributed by atoms with Crippen molar-refractivity contribution < 1.29 is 8.42 Å². The molecule has 3 aromatic rings. The second-order valence-electron chi connectivity index (χ2n) is 5.56. The molecule has 23 heavy (non-hydrogen) atoms. The summed E-state index contributed by atoms with van der Waals surface area (Å²) < 4.78 is 25.6. The fourth-order valence-corrected chi connectivity index (χ4v) is 4.41. The van der Waals surface area contributed by atoms with Crippen LogP contribution in [0.4, 0.5) is 0 Å². The van der Waals surface area contributed by atoms with Crippen molar-refractivity contribution in [2.45, 2.75) is 16.6 Å². The van der Waals surface area contributed by atoms with Crippen LogP contribution >= 0.6 is 0 Å². The van der Waals surface area contributed by atoms with Crippen molar-refractivity contribution in [3.63, 3.8) is 0 Å². The normalized spacial score (nSPS) is 13.1. The van der Waals surface area contributed by atoms with E-state index in [2.05, 4.69) is 0 Å². The highest BCUT2D eigenvalue weighted by Crippen LogP contribution is 2.24. The number of benzene rings is 3. The van der Waals surface area contributed by atoms with Crippen LogP contribution in [0.1, 0.15) is 5.56 Å². The molecule has 0 amide bonds. The van der Waals surface area contributed by atoms with Crippen LogP contribution in [0.25, 0.3) is 10.8 Å². The summed E-state index contributed by atoms with van der Waals surface area (Å²) in [5.74, 6) is 0. The molecule has 0 heterocycles. The van der Waals surface area contributed by atoms with E-state index in [0.717, 1.165) is 16.3 Å². The Morgan fingerprint density at radius 3 is 2.22 bits per heavy atom. The Hall–Kier alpha value is -2.17. The van der Waals surface area contributed by atoms with Crippen LogP contribution in [-0.4, -0.2) is 20.2 Å². The van der Waals surface area contributed by atoms with Gasteiger partial charge in [0.25, 0.3) is 0 Å². The van der Waals surface area contributed by atoms with E-state index in [1.165, 1.54) is 0 Å². The summed E-state index contributed by atoms with van der Waals surface area (Å²) >= 11 is 0. The van der Waals surface area contributed by atoms with Gasteiger partial charge in [0.1, 0.15) is 0 Å². The molecule has 3 rings (SSSR count). The van der Waals surface area contributed by atoms with Crippen LogP contribution in [-0.2, 0) is 16.3 Å². The van der Waals surface area contributed by atoms with Crippen molar-refractivity contribution in [3.8, 4) is 0 Å². The zero-order chi connectivity index (χ0) is 16.3. The summed E-state index contributed by atoms with van der Waals surface area (Å²) in [5, 5.41) is 1.56. The minimum Gasteiger partial charge on any atom is -0.329 e. The van der Waals surface area contributed by atoms with E-state index in [9.17, 15) is 8.42 Å². The van der Waals surface area contributed by atoms with Crippen molar-refractivity contribution in [2.24, 2.45) is 5.73 Å². The SMILES string of the molecule is NCC(Cc1cccc2ccccc12)S(=O)(=O)c1ccccc1. The van der Waals surface area contributed by atoms with E-state index in [1.54, 1.807) is 30.3 Å². The summed E-state index contributed by atoms with van der Waals surface area (Å²) in [6.07, 6.45) is 0.412. The molecule has 0 saturated heterocycles. The van der Waals surface area contributed by atoms with Crippen molar-refractivity contribution in [1.29, 1.82) is 0 Å². The quantitative estimate of drug-likeness (QED) is 0.784. The minimum atomic E-state index is -3.44. The van der Waals surface area contributed by atoms with Gasteiger partial charge in [-0.2, -0.15) is 0 Å². The molecule has 0 spiro atoms. The summed E-state index contributed by atoms with van der Waals surface area (Å²) in [5.41, 5.74) is 6.82. The fraction of sp³-hybridized carbons (Fsp3) is 0.158. The first kappa shape index (κ1) is 15.7. The Kier molecular flexibility index (Phi) is 4.46. The molecule has 0 aliphatic rings. The first-order valence-corrected chi connectivity index (χ1v) is 9.13. The van der Waals surface area contributed by atoms with Gasteiger partial charge in [0.15, 0.2) is 9.84 Å². The van der Waals surface area contributed by atoms with Crippen molar-refractivity contribution in [2.75, 3.05) is 6.54 Å². The number of sulfone groups is 1. The van der Waals surface area contributed by atoms with Gasteiger partial charge in [-0.25, -0.2) is 8.42 Å². The average Bonchev–Trinajstić information content (AvgIpc) is 2.60. The second-order valence-corrected chi connectivity index (χ2v) is 7.79. The van der Waals surface area contributed by atoms with Gasteiger partial charge in [-0.1, -0.05) is 60.7 Å². The molecule has 0 fully saturated rings. The lowest BCUT2D eigenvalue weighted by atomic mass is 10.0. The summed E-state index contributed by atoms with van der Waals surface area (Å²) in [6, 6.07) is 22.5. The smallest absolute Gasteiger partial charge is 0.182 e. The number of nitrogens with two attached hydrogens (primary N) is 1. The summed E-state index contributed by atoms with van der Waals surface area (Å²) in [4.78, 5) is 0.329. The average molecular weight is 325 g/mol. The van der Waals surface area contributed by atoms with Crippen LogP contribution in [0, 0.1) is 0 Å². The van der Waals surface area contributed by atoms with Crippen LogP contribution in [0.2, 0.25) is 0 Å². The van der Waals surface area contributed by atoms with Gasteiger partial charge in [-0.3, -0.25) is 0 Å². The number of hydrogen-bond acceptors (Lipinski definition) is 3. The van der Waals surface area contributed by atoms with E-state index in [-0.39, 0.29) is 6.54 Å². The molecule has 1 unspecified atom stereocenters. The molecule has 3 aromatic carbocycles. The first-order chi connectivity index (χ1) is 11.1. The van der Waals surface area contributed by atoms with Crippen LogP contribution in [0.5, 0.6) is 0 Å². The lowest BCUT2D eigenvalue weighted by molar-refractivity contribution is 0.578. The van der Waals surface area contributed by atoms with Gasteiger partial charge in [0.05, 0.1) is 10.1 Å². The molecule has 3 nitrogen and oxygen atoms in total. The predicted molar refractivity (Wildman–Crippen MR) is 94.1 cm³/mol. The maximum atomic E-state index is 12.8. The molecule has 0 aliphatic carbocycles. The Bertz CT molecular complexity index is 900. The maximum absolute atomic E-state index is 12.8. The Balaban J connectivity index is 1.99. The topological polar surface area (TPSA) is 60.2 Å². The third-order valence-corrected chi connectivity index (χ3v) is 6.27.